The molecule has 17 heavy (non-hydrogen) atoms. The van der Waals surface area contributed by atoms with Crippen molar-refractivity contribution in [3.05, 3.63) is 35.9 Å². The van der Waals surface area contributed by atoms with Crippen molar-refractivity contribution in [2.75, 3.05) is 5.94 Å². The van der Waals surface area contributed by atoms with Gasteiger partial charge < -0.3 is 4.43 Å². The summed E-state index contributed by atoms with van der Waals surface area (Å²) in [6.45, 7) is 11.4. The van der Waals surface area contributed by atoms with Gasteiger partial charge in [0.15, 0.2) is 8.32 Å². The number of benzene rings is 1. The van der Waals surface area contributed by atoms with Crippen molar-refractivity contribution in [3.8, 4) is 0 Å². The van der Waals surface area contributed by atoms with E-state index in [4.69, 9.17) is 4.43 Å². The van der Waals surface area contributed by atoms with E-state index < -0.39 is 8.32 Å². The fourth-order valence-corrected chi connectivity index (χ4v) is 3.60. The van der Waals surface area contributed by atoms with E-state index in [0.29, 0.717) is 5.04 Å². The molecule has 0 amide bonds. The first kappa shape index (κ1) is 14.8. The number of thioether (sulfide) groups is 1. The highest BCUT2D eigenvalue weighted by atomic mass is 32.2. The maximum absolute atomic E-state index is 6.12. The van der Waals surface area contributed by atoms with E-state index in [9.17, 15) is 0 Å². The van der Waals surface area contributed by atoms with E-state index in [2.05, 4.69) is 64.2 Å². The third kappa shape index (κ3) is 4.86. The molecular weight excluding hydrogens is 244 g/mol. The molecular formula is C14H24OSSi. The van der Waals surface area contributed by atoms with Crippen LogP contribution in [0.3, 0.4) is 0 Å². The van der Waals surface area contributed by atoms with Crippen molar-refractivity contribution in [3.63, 3.8) is 0 Å². The van der Waals surface area contributed by atoms with Crippen molar-refractivity contribution >= 4 is 20.1 Å². The first-order valence-electron chi connectivity index (χ1n) is 6.08. The Morgan fingerprint density at radius 1 is 1.12 bits per heavy atom. The van der Waals surface area contributed by atoms with Crippen LogP contribution in [0.2, 0.25) is 18.1 Å². The lowest BCUT2D eigenvalue weighted by atomic mass is 10.2. The normalized spacial score (nSPS) is 12.8. The monoisotopic (exact) mass is 268 g/mol. The highest BCUT2D eigenvalue weighted by Gasteiger charge is 2.36. The summed E-state index contributed by atoms with van der Waals surface area (Å²) >= 11 is 1.86. The van der Waals surface area contributed by atoms with Gasteiger partial charge in [-0.25, -0.2) is 0 Å². The van der Waals surface area contributed by atoms with Crippen molar-refractivity contribution in [2.45, 2.75) is 44.7 Å². The first-order chi connectivity index (χ1) is 7.83. The molecule has 0 fully saturated rings. The van der Waals surface area contributed by atoms with E-state index in [1.165, 1.54) is 5.56 Å². The highest BCUT2D eigenvalue weighted by molar-refractivity contribution is 7.98. The molecule has 1 rings (SSSR count). The Balaban J connectivity index is 2.30. The van der Waals surface area contributed by atoms with Crippen LogP contribution in [0.1, 0.15) is 26.3 Å². The zero-order valence-electron chi connectivity index (χ0n) is 11.6. The molecule has 96 valence electrons. The van der Waals surface area contributed by atoms with E-state index in [0.717, 1.165) is 11.7 Å². The largest absolute Gasteiger partial charge is 0.408 e. The van der Waals surface area contributed by atoms with Gasteiger partial charge in [-0.15, -0.1) is 11.8 Å². The smallest absolute Gasteiger partial charge is 0.193 e. The summed E-state index contributed by atoms with van der Waals surface area (Å²) in [5, 5.41) is 0.306. The Labute approximate surface area is 111 Å². The summed E-state index contributed by atoms with van der Waals surface area (Å²) < 4.78 is 6.12. The molecule has 0 saturated heterocycles. The minimum Gasteiger partial charge on any atom is -0.408 e. The Bertz CT molecular complexity index is 330. The van der Waals surface area contributed by atoms with Gasteiger partial charge in [-0.3, -0.25) is 0 Å². The topological polar surface area (TPSA) is 9.23 Å². The third-order valence-corrected chi connectivity index (χ3v) is 8.93. The Morgan fingerprint density at radius 2 is 1.71 bits per heavy atom. The van der Waals surface area contributed by atoms with Crippen LogP contribution in [-0.4, -0.2) is 14.3 Å². The second kappa shape index (κ2) is 6.07. The van der Waals surface area contributed by atoms with Gasteiger partial charge in [0.05, 0.1) is 5.94 Å². The van der Waals surface area contributed by atoms with Crippen LogP contribution < -0.4 is 0 Å². The van der Waals surface area contributed by atoms with E-state index in [1.54, 1.807) is 0 Å². The minimum atomic E-state index is -1.56. The lowest BCUT2D eigenvalue weighted by Gasteiger charge is -2.35. The molecule has 3 heteroatoms. The molecule has 0 spiro atoms. The lowest BCUT2D eigenvalue weighted by Crippen LogP contribution is -2.40. The molecule has 1 aromatic carbocycles. The van der Waals surface area contributed by atoms with Crippen molar-refractivity contribution in [2.24, 2.45) is 0 Å². The van der Waals surface area contributed by atoms with Crippen LogP contribution in [0.15, 0.2) is 30.3 Å². The summed E-state index contributed by atoms with van der Waals surface area (Å²) in [5.74, 6) is 1.85. The summed E-state index contributed by atoms with van der Waals surface area (Å²) in [4.78, 5) is 0. The second-order valence-electron chi connectivity index (χ2n) is 5.86. The van der Waals surface area contributed by atoms with Gasteiger partial charge in [0.2, 0.25) is 0 Å². The molecule has 0 unspecified atom stereocenters. The van der Waals surface area contributed by atoms with Gasteiger partial charge in [0.1, 0.15) is 0 Å². The third-order valence-electron chi connectivity index (χ3n) is 3.42. The predicted octanol–water partition coefficient (Wildman–Crippen LogP) is 4.90. The molecule has 0 aromatic heterocycles. The van der Waals surface area contributed by atoms with Crippen LogP contribution >= 0.6 is 11.8 Å². The van der Waals surface area contributed by atoms with E-state index in [-0.39, 0.29) is 0 Å². The van der Waals surface area contributed by atoms with Crippen LogP contribution in [-0.2, 0) is 10.2 Å². The molecule has 0 bridgehead atoms. The Kier molecular flexibility index (Phi) is 5.29. The van der Waals surface area contributed by atoms with Gasteiger partial charge in [-0.1, -0.05) is 51.1 Å². The molecule has 1 nitrogen and oxygen atoms in total. The predicted molar refractivity (Wildman–Crippen MR) is 80.9 cm³/mol. The summed E-state index contributed by atoms with van der Waals surface area (Å²) in [7, 11) is -1.56. The minimum absolute atomic E-state index is 0.306. The number of rotatable bonds is 5. The fourth-order valence-electron chi connectivity index (χ4n) is 1.14. The summed E-state index contributed by atoms with van der Waals surface area (Å²) in [5.41, 5.74) is 1.37. The summed E-state index contributed by atoms with van der Waals surface area (Å²) in [6.07, 6.45) is 0. The standard InChI is InChI=1S/C14H24OSSi/c1-14(2,3)17(4,5)15-12-16-11-13-9-7-6-8-10-13/h6-10H,11-12H2,1-5H3. The van der Waals surface area contributed by atoms with Crippen molar-refractivity contribution < 1.29 is 4.43 Å². The van der Waals surface area contributed by atoms with E-state index in [1.807, 2.05) is 11.8 Å². The molecule has 0 radical (unpaired) electrons. The average molecular weight is 268 g/mol. The Morgan fingerprint density at radius 3 is 2.24 bits per heavy atom. The van der Waals surface area contributed by atoms with Gasteiger partial charge in [-0.05, 0) is 23.7 Å². The van der Waals surface area contributed by atoms with Gasteiger partial charge in [0, 0.05) is 5.75 Å². The van der Waals surface area contributed by atoms with Crippen molar-refractivity contribution in [1.82, 2.24) is 0 Å². The highest BCUT2D eigenvalue weighted by Crippen LogP contribution is 2.37. The number of hydrogen-bond acceptors (Lipinski definition) is 2. The SMILES string of the molecule is CC(C)(C)[Si](C)(C)OCSCc1ccccc1. The quantitative estimate of drug-likeness (QED) is 0.427. The molecule has 1 aromatic rings. The zero-order valence-corrected chi connectivity index (χ0v) is 13.4. The van der Waals surface area contributed by atoms with Crippen LogP contribution in [0, 0.1) is 0 Å². The summed E-state index contributed by atoms with van der Waals surface area (Å²) in [6, 6.07) is 10.6. The molecule has 0 atom stereocenters. The van der Waals surface area contributed by atoms with Gasteiger partial charge >= 0.3 is 0 Å². The van der Waals surface area contributed by atoms with Crippen LogP contribution in [0.4, 0.5) is 0 Å². The second-order valence-corrected chi connectivity index (χ2v) is 11.6. The van der Waals surface area contributed by atoms with Gasteiger partial charge in [0.25, 0.3) is 0 Å². The maximum Gasteiger partial charge on any atom is 0.193 e. The van der Waals surface area contributed by atoms with Crippen molar-refractivity contribution in [1.29, 1.82) is 0 Å². The number of hydrogen-bond donors (Lipinski definition) is 0. The maximum atomic E-state index is 6.12. The van der Waals surface area contributed by atoms with Crippen LogP contribution in [0.5, 0.6) is 0 Å². The molecule has 0 N–H and O–H groups in total. The fraction of sp³-hybridized carbons (Fsp3) is 0.571. The molecule has 0 aliphatic heterocycles. The molecule has 0 saturated carbocycles. The first-order valence-corrected chi connectivity index (χ1v) is 10.1. The van der Waals surface area contributed by atoms with Gasteiger partial charge in [-0.2, -0.15) is 0 Å². The molecule has 0 aliphatic rings. The Hall–Kier alpha value is -0.253. The molecule has 0 heterocycles. The lowest BCUT2D eigenvalue weighted by molar-refractivity contribution is 0.354. The molecule has 0 aliphatic carbocycles. The zero-order chi connectivity index (χ0) is 12.9. The van der Waals surface area contributed by atoms with Crippen LogP contribution in [0.25, 0.3) is 0 Å². The van der Waals surface area contributed by atoms with E-state index >= 15 is 0 Å². The average Bonchev–Trinajstić information content (AvgIpc) is 2.24.